The lowest BCUT2D eigenvalue weighted by atomic mass is 9.93. The van der Waals surface area contributed by atoms with Gasteiger partial charge in [-0.3, -0.25) is 4.79 Å². The van der Waals surface area contributed by atoms with E-state index in [1.54, 1.807) is 30.5 Å². The van der Waals surface area contributed by atoms with Crippen LogP contribution < -0.4 is 20.1 Å². The number of nitrogens with one attached hydrogen (secondary N) is 2. The van der Waals surface area contributed by atoms with Crippen LogP contribution in [0.4, 0.5) is 11.6 Å². The van der Waals surface area contributed by atoms with Gasteiger partial charge in [-0.1, -0.05) is 32.0 Å². The van der Waals surface area contributed by atoms with Crippen LogP contribution in [0.5, 0.6) is 17.2 Å². The predicted molar refractivity (Wildman–Crippen MR) is 113 cm³/mol. The largest absolute Gasteiger partial charge is 0.485 e. The van der Waals surface area contributed by atoms with E-state index in [-0.39, 0.29) is 11.3 Å². The van der Waals surface area contributed by atoms with Crippen LogP contribution in [0.3, 0.4) is 0 Å². The number of benzene rings is 1. The van der Waals surface area contributed by atoms with E-state index in [1.807, 2.05) is 33.8 Å². The Morgan fingerprint density at radius 2 is 2.03 bits per heavy atom. The summed E-state index contributed by atoms with van der Waals surface area (Å²) in [5.41, 5.74) is 1.14. The van der Waals surface area contributed by atoms with Crippen LogP contribution in [0, 0.1) is 6.92 Å². The van der Waals surface area contributed by atoms with E-state index in [0.29, 0.717) is 53.4 Å². The molecule has 1 amide bonds. The number of nitrogens with zero attached hydrogens (tertiary/aromatic N) is 2. The third kappa shape index (κ3) is 4.07. The quantitative estimate of drug-likeness (QED) is 0.655. The van der Waals surface area contributed by atoms with Crippen molar-refractivity contribution in [2.75, 3.05) is 23.8 Å². The zero-order chi connectivity index (χ0) is 21.3. The summed E-state index contributed by atoms with van der Waals surface area (Å²) in [4.78, 5) is 17.0. The number of ether oxygens (including phenoxy) is 2. The van der Waals surface area contributed by atoms with E-state index in [4.69, 9.17) is 14.0 Å². The molecule has 0 saturated heterocycles. The molecule has 0 fully saturated rings. The molecule has 2 N–H and O–H groups in total. The van der Waals surface area contributed by atoms with E-state index in [1.165, 1.54) is 0 Å². The highest BCUT2D eigenvalue weighted by molar-refractivity contribution is 6.04. The predicted octanol–water partition coefficient (Wildman–Crippen LogP) is 4.52. The standard InChI is InChI=1S/C22H24N4O4/c1-13-5-6-14(21(27)25-18-12-17(30-26-18)22(2,3)4)11-16(13)29-15-7-8-23-20-19(15)28-10-9-24-20/h5-8,11-12H,9-10H2,1-4H3,(H,23,24)(H,25,26,27). The first kappa shape index (κ1) is 19.8. The average Bonchev–Trinajstić information content (AvgIpc) is 3.19. The number of rotatable bonds is 4. The molecule has 0 aliphatic carbocycles. The van der Waals surface area contributed by atoms with Gasteiger partial charge in [0, 0.05) is 29.3 Å². The number of aromatic nitrogens is 2. The molecule has 0 unspecified atom stereocenters. The van der Waals surface area contributed by atoms with Crippen molar-refractivity contribution < 1.29 is 18.8 Å². The summed E-state index contributed by atoms with van der Waals surface area (Å²) >= 11 is 0. The Kier molecular flexibility index (Phi) is 5.07. The molecular formula is C22H24N4O4. The van der Waals surface area contributed by atoms with Gasteiger partial charge < -0.3 is 24.6 Å². The van der Waals surface area contributed by atoms with Gasteiger partial charge in [0.2, 0.25) is 5.75 Å². The Morgan fingerprint density at radius 1 is 1.20 bits per heavy atom. The fourth-order valence-electron chi connectivity index (χ4n) is 2.94. The van der Waals surface area contributed by atoms with Gasteiger partial charge in [-0.05, 0) is 24.6 Å². The zero-order valence-corrected chi connectivity index (χ0v) is 17.4. The minimum absolute atomic E-state index is 0.193. The molecule has 1 aromatic carbocycles. The highest BCUT2D eigenvalue weighted by atomic mass is 16.5. The molecule has 8 nitrogen and oxygen atoms in total. The molecule has 0 radical (unpaired) electrons. The van der Waals surface area contributed by atoms with Crippen LogP contribution in [0.1, 0.15) is 42.5 Å². The smallest absolute Gasteiger partial charge is 0.257 e. The molecule has 3 heterocycles. The normalized spacial score (nSPS) is 13.1. The van der Waals surface area contributed by atoms with Gasteiger partial charge in [0.1, 0.15) is 18.1 Å². The topological polar surface area (TPSA) is 98.5 Å². The SMILES string of the molecule is Cc1ccc(C(=O)Nc2cc(C(C)(C)C)on2)cc1Oc1ccnc2c1OCCN2. The summed E-state index contributed by atoms with van der Waals surface area (Å²) in [5.74, 6) is 3.07. The summed E-state index contributed by atoms with van der Waals surface area (Å²) in [6, 6.07) is 8.74. The third-order valence-corrected chi connectivity index (χ3v) is 4.67. The molecule has 4 rings (SSSR count). The lowest BCUT2D eigenvalue weighted by Crippen LogP contribution is -2.19. The van der Waals surface area contributed by atoms with Crippen molar-refractivity contribution in [3.8, 4) is 17.2 Å². The maximum atomic E-state index is 12.7. The molecule has 156 valence electrons. The molecule has 0 bridgehead atoms. The number of anilines is 2. The minimum Gasteiger partial charge on any atom is -0.485 e. The number of carbonyl (C=O) groups excluding carboxylic acids is 1. The Balaban J connectivity index is 1.55. The maximum Gasteiger partial charge on any atom is 0.257 e. The van der Waals surface area contributed by atoms with E-state index in [2.05, 4.69) is 20.8 Å². The van der Waals surface area contributed by atoms with E-state index in [9.17, 15) is 4.79 Å². The van der Waals surface area contributed by atoms with Gasteiger partial charge in [0.25, 0.3) is 5.91 Å². The Bertz CT molecular complexity index is 1080. The summed E-state index contributed by atoms with van der Waals surface area (Å²) in [6.07, 6.45) is 1.65. The summed E-state index contributed by atoms with van der Waals surface area (Å²) in [7, 11) is 0. The fraction of sp³-hybridized carbons (Fsp3) is 0.318. The molecule has 8 heteroatoms. The van der Waals surface area contributed by atoms with Crippen molar-refractivity contribution in [3.05, 3.63) is 53.4 Å². The highest BCUT2D eigenvalue weighted by Gasteiger charge is 2.21. The van der Waals surface area contributed by atoms with Crippen LogP contribution in [0.25, 0.3) is 0 Å². The van der Waals surface area contributed by atoms with Crippen molar-refractivity contribution in [2.24, 2.45) is 0 Å². The number of aryl methyl sites for hydroxylation is 1. The van der Waals surface area contributed by atoms with Gasteiger partial charge in [0.15, 0.2) is 17.4 Å². The Hall–Kier alpha value is -3.55. The number of hydrogen-bond donors (Lipinski definition) is 2. The maximum absolute atomic E-state index is 12.7. The van der Waals surface area contributed by atoms with E-state index < -0.39 is 0 Å². The molecule has 0 atom stereocenters. The second kappa shape index (κ2) is 7.70. The second-order valence-electron chi connectivity index (χ2n) is 8.12. The first-order chi connectivity index (χ1) is 14.3. The van der Waals surface area contributed by atoms with E-state index >= 15 is 0 Å². The van der Waals surface area contributed by atoms with Crippen LogP contribution in [-0.2, 0) is 5.41 Å². The Morgan fingerprint density at radius 3 is 2.80 bits per heavy atom. The second-order valence-corrected chi connectivity index (χ2v) is 8.12. The first-order valence-electron chi connectivity index (χ1n) is 9.74. The van der Waals surface area contributed by atoms with Crippen LogP contribution >= 0.6 is 0 Å². The fourth-order valence-corrected chi connectivity index (χ4v) is 2.94. The van der Waals surface area contributed by atoms with Crippen LogP contribution in [0.15, 0.2) is 41.1 Å². The lowest BCUT2D eigenvalue weighted by molar-refractivity contribution is 0.102. The summed E-state index contributed by atoms with van der Waals surface area (Å²) < 4.78 is 17.1. The summed E-state index contributed by atoms with van der Waals surface area (Å²) in [5, 5.41) is 9.88. The zero-order valence-electron chi connectivity index (χ0n) is 17.4. The minimum atomic E-state index is -0.303. The van der Waals surface area contributed by atoms with Crippen LogP contribution in [0.2, 0.25) is 0 Å². The van der Waals surface area contributed by atoms with E-state index in [0.717, 1.165) is 5.56 Å². The van der Waals surface area contributed by atoms with Crippen molar-refractivity contribution in [1.82, 2.24) is 10.1 Å². The Labute approximate surface area is 174 Å². The number of fused-ring (bicyclic) bond motifs is 1. The average molecular weight is 408 g/mol. The van der Waals surface area contributed by atoms with Gasteiger partial charge in [-0.15, -0.1) is 0 Å². The number of hydrogen-bond acceptors (Lipinski definition) is 7. The third-order valence-electron chi connectivity index (χ3n) is 4.67. The van der Waals surface area contributed by atoms with Crippen molar-refractivity contribution in [3.63, 3.8) is 0 Å². The molecule has 0 saturated carbocycles. The van der Waals surface area contributed by atoms with Gasteiger partial charge in [-0.25, -0.2) is 4.98 Å². The first-order valence-corrected chi connectivity index (χ1v) is 9.74. The van der Waals surface area contributed by atoms with Gasteiger partial charge in [-0.2, -0.15) is 0 Å². The summed E-state index contributed by atoms with van der Waals surface area (Å²) in [6.45, 7) is 9.18. The molecular weight excluding hydrogens is 384 g/mol. The van der Waals surface area contributed by atoms with Gasteiger partial charge >= 0.3 is 0 Å². The van der Waals surface area contributed by atoms with Gasteiger partial charge in [0.05, 0.1) is 6.54 Å². The van der Waals surface area contributed by atoms with Crippen molar-refractivity contribution in [1.29, 1.82) is 0 Å². The number of amides is 1. The van der Waals surface area contributed by atoms with Crippen molar-refractivity contribution in [2.45, 2.75) is 33.1 Å². The van der Waals surface area contributed by atoms with Crippen LogP contribution in [-0.4, -0.2) is 29.2 Å². The number of pyridine rings is 1. The molecule has 30 heavy (non-hydrogen) atoms. The number of carbonyl (C=O) groups is 1. The molecule has 0 spiro atoms. The molecule has 2 aromatic heterocycles. The molecule has 1 aliphatic rings. The lowest BCUT2D eigenvalue weighted by Gasteiger charge is -2.21. The highest BCUT2D eigenvalue weighted by Crippen LogP contribution is 2.38. The van der Waals surface area contributed by atoms with Crippen molar-refractivity contribution >= 4 is 17.5 Å². The molecule has 1 aliphatic heterocycles. The molecule has 3 aromatic rings. The monoisotopic (exact) mass is 408 g/mol.